The number of nitrogens with zero attached hydrogens (tertiary/aromatic N) is 2. The zero-order valence-electron chi connectivity index (χ0n) is 14.1. The van der Waals surface area contributed by atoms with Gasteiger partial charge in [0.1, 0.15) is 0 Å². The number of para-hydroxylation sites is 1. The van der Waals surface area contributed by atoms with E-state index in [1.54, 1.807) is 6.21 Å². The number of amides is 1. The molecule has 3 aromatic carbocycles. The van der Waals surface area contributed by atoms with Crippen LogP contribution in [-0.4, -0.2) is 17.1 Å². The highest BCUT2D eigenvalue weighted by molar-refractivity contribution is 9.10. The van der Waals surface area contributed by atoms with Crippen molar-refractivity contribution in [2.24, 2.45) is 5.10 Å². The van der Waals surface area contributed by atoms with E-state index in [-0.39, 0.29) is 12.1 Å². The molecule has 134 valence electrons. The predicted octanol–water partition coefficient (Wildman–Crippen LogP) is 5.81. The lowest BCUT2D eigenvalue weighted by molar-refractivity contribution is 0.0691. The standard InChI is InChI=1S/C21H15Br2N3O/c22-16-9-5-14(6-10-16)13-24-26-20(15-7-11-17(23)12-8-15)25-19-4-2-1-3-18(19)21(26)27/h1-13,20,25H/b24-13-/t20-/m0/s1. The number of rotatable bonds is 3. The first kappa shape index (κ1) is 17.9. The maximum atomic E-state index is 13.1. The number of carbonyl (C=O) groups excluding carboxylic acids is 1. The maximum absolute atomic E-state index is 13.1. The Hall–Kier alpha value is -2.44. The molecule has 6 heteroatoms. The van der Waals surface area contributed by atoms with E-state index < -0.39 is 0 Å². The molecular formula is C21H15Br2N3O. The number of nitrogens with one attached hydrogen (secondary N) is 1. The second-order valence-corrected chi connectivity index (χ2v) is 7.92. The smallest absolute Gasteiger partial charge is 0.278 e. The molecule has 1 atom stereocenters. The van der Waals surface area contributed by atoms with Crippen LogP contribution in [0.5, 0.6) is 0 Å². The molecule has 3 aromatic rings. The van der Waals surface area contributed by atoms with E-state index in [0.29, 0.717) is 5.56 Å². The third-order valence-electron chi connectivity index (χ3n) is 4.29. The van der Waals surface area contributed by atoms with Crippen molar-refractivity contribution in [3.8, 4) is 0 Å². The summed E-state index contributed by atoms with van der Waals surface area (Å²) in [6, 6.07) is 23.1. The second kappa shape index (κ2) is 7.66. The van der Waals surface area contributed by atoms with Gasteiger partial charge in [-0.25, -0.2) is 5.01 Å². The van der Waals surface area contributed by atoms with Crippen LogP contribution in [0, 0.1) is 0 Å². The van der Waals surface area contributed by atoms with Gasteiger partial charge in [0.25, 0.3) is 5.91 Å². The van der Waals surface area contributed by atoms with E-state index in [1.807, 2.05) is 72.8 Å². The summed E-state index contributed by atoms with van der Waals surface area (Å²) >= 11 is 6.88. The Morgan fingerprint density at radius 2 is 1.52 bits per heavy atom. The quantitative estimate of drug-likeness (QED) is 0.476. The summed E-state index contributed by atoms with van der Waals surface area (Å²) in [6.45, 7) is 0. The zero-order valence-corrected chi connectivity index (χ0v) is 17.3. The Kier molecular flexibility index (Phi) is 5.09. The maximum Gasteiger partial charge on any atom is 0.278 e. The summed E-state index contributed by atoms with van der Waals surface area (Å²) in [7, 11) is 0. The highest BCUT2D eigenvalue weighted by Gasteiger charge is 2.32. The number of benzene rings is 3. The molecule has 1 N–H and O–H groups in total. The molecular weight excluding hydrogens is 470 g/mol. The molecule has 0 saturated heterocycles. The van der Waals surface area contributed by atoms with E-state index in [4.69, 9.17) is 0 Å². The number of hydrazone groups is 1. The highest BCUT2D eigenvalue weighted by atomic mass is 79.9. The van der Waals surface area contributed by atoms with Crippen molar-refractivity contribution in [2.45, 2.75) is 6.17 Å². The lowest BCUT2D eigenvalue weighted by Crippen LogP contribution is -2.39. The van der Waals surface area contributed by atoms with E-state index in [2.05, 4.69) is 42.3 Å². The third kappa shape index (κ3) is 3.82. The molecule has 0 fully saturated rings. The van der Waals surface area contributed by atoms with Crippen molar-refractivity contribution in [3.63, 3.8) is 0 Å². The van der Waals surface area contributed by atoms with Crippen LogP contribution in [0.4, 0.5) is 5.69 Å². The number of halogens is 2. The molecule has 0 radical (unpaired) electrons. The molecule has 0 spiro atoms. The van der Waals surface area contributed by atoms with Gasteiger partial charge in [-0.3, -0.25) is 4.79 Å². The molecule has 27 heavy (non-hydrogen) atoms. The van der Waals surface area contributed by atoms with E-state index in [9.17, 15) is 4.79 Å². The van der Waals surface area contributed by atoms with Crippen LogP contribution in [0.3, 0.4) is 0 Å². The number of anilines is 1. The molecule has 1 aliphatic rings. The van der Waals surface area contributed by atoms with Crippen molar-refractivity contribution < 1.29 is 4.79 Å². The number of hydrogen-bond donors (Lipinski definition) is 1. The SMILES string of the molecule is O=C1c2ccccc2N[C@H](c2ccc(Br)cc2)N1/N=C\c1ccc(Br)cc1. The average Bonchev–Trinajstić information content (AvgIpc) is 2.69. The molecule has 0 unspecified atom stereocenters. The summed E-state index contributed by atoms with van der Waals surface area (Å²) in [5, 5.41) is 9.43. The highest BCUT2D eigenvalue weighted by Crippen LogP contribution is 2.33. The van der Waals surface area contributed by atoms with Crippen LogP contribution in [0.25, 0.3) is 0 Å². The number of fused-ring (bicyclic) bond motifs is 1. The van der Waals surface area contributed by atoms with Crippen molar-refractivity contribution in [2.75, 3.05) is 5.32 Å². The van der Waals surface area contributed by atoms with Gasteiger partial charge in [0.05, 0.1) is 11.8 Å². The molecule has 1 amide bonds. The molecule has 4 nitrogen and oxygen atoms in total. The summed E-state index contributed by atoms with van der Waals surface area (Å²) in [4.78, 5) is 13.1. The fourth-order valence-electron chi connectivity index (χ4n) is 2.91. The Balaban J connectivity index is 1.73. The minimum absolute atomic E-state index is 0.134. The molecule has 0 aromatic heterocycles. The monoisotopic (exact) mass is 483 g/mol. The minimum atomic E-state index is -0.382. The molecule has 0 saturated carbocycles. The van der Waals surface area contributed by atoms with Gasteiger partial charge in [-0.1, -0.05) is 68.3 Å². The van der Waals surface area contributed by atoms with Gasteiger partial charge >= 0.3 is 0 Å². The van der Waals surface area contributed by atoms with Gasteiger partial charge < -0.3 is 5.32 Å². The normalized spacial score (nSPS) is 16.3. The molecule has 0 aliphatic carbocycles. The van der Waals surface area contributed by atoms with Crippen LogP contribution in [0.2, 0.25) is 0 Å². The molecule has 1 aliphatic heterocycles. The van der Waals surface area contributed by atoms with Crippen molar-refractivity contribution in [1.29, 1.82) is 0 Å². The largest absolute Gasteiger partial charge is 0.359 e. The fraction of sp³-hybridized carbons (Fsp3) is 0.0476. The van der Waals surface area contributed by atoms with Crippen LogP contribution in [-0.2, 0) is 0 Å². The minimum Gasteiger partial charge on any atom is -0.359 e. The van der Waals surface area contributed by atoms with Crippen molar-refractivity contribution in [3.05, 3.63) is 98.4 Å². The van der Waals surface area contributed by atoms with Crippen LogP contribution >= 0.6 is 31.9 Å². The summed E-state index contributed by atoms with van der Waals surface area (Å²) in [5.74, 6) is -0.134. The summed E-state index contributed by atoms with van der Waals surface area (Å²) in [5.41, 5.74) is 3.29. The fourth-order valence-corrected chi connectivity index (χ4v) is 3.44. The first-order valence-corrected chi connectivity index (χ1v) is 9.94. The van der Waals surface area contributed by atoms with E-state index in [1.165, 1.54) is 5.01 Å². The Labute approximate surface area is 174 Å². The third-order valence-corrected chi connectivity index (χ3v) is 5.35. The van der Waals surface area contributed by atoms with Gasteiger partial charge in [0.2, 0.25) is 0 Å². The first-order valence-electron chi connectivity index (χ1n) is 8.36. The van der Waals surface area contributed by atoms with Crippen LogP contribution in [0.15, 0.2) is 86.8 Å². The first-order chi connectivity index (χ1) is 13.1. The second-order valence-electron chi connectivity index (χ2n) is 6.09. The molecule has 0 bridgehead atoms. The Bertz CT molecular complexity index is 1000. The topological polar surface area (TPSA) is 44.7 Å². The van der Waals surface area contributed by atoms with Crippen molar-refractivity contribution in [1.82, 2.24) is 5.01 Å². The van der Waals surface area contributed by atoms with Gasteiger partial charge in [0.15, 0.2) is 6.17 Å². The van der Waals surface area contributed by atoms with E-state index in [0.717, 1.165) is 25.8 Å². The average molecular weight is 485 g/mol. The van der Waals surface area contributed by atoms with Crippen LogP contribution in [0.1, 0.15) is 27.7 Å². The summed E-state index contributed by atoms with van der Waals surface area (Å²) < 4.78 is 1.98. The Morgan fingerprint density at radius 3 is 2.22 bits per heavy atom. The van der Waals surface area contributed by atoms with Gasteiger partial charge in [0, 0.05) is 14.6 Å². The molecule has 4 rings (SSSR count). The van der Waals surface area contributed by atoms with Crippen molar-refractivity contribution >= 4 is 49.7 Å². The van der Waals surface area contributed by atoms with E-state index >= 15 is 0 Å². The lowest BCUT2D eigenvalue weighted by Gasteiger charge is -2.34. The summed E-state index contributed by atoms with van der Waals surface area (Å²) in [6.07, 6.45) is 1.32. The van der Waals surface area contributed by atoms with Crippen LogP contribution < -0.4 is 5.32 Å². The van der Waals surface area contributed by atoms with Gasteiger partial charge in [-0.2, -0.15) is 5.10 Å². The Morgan fingerprint density at radius 1 is 0.889 bits per heavy atom. The van der Waals surface area contributed by atoms with Gasteiger partial charge in [-0.05, 0) is 47.5 Å². The van der Waals surface area contributed by atoms with Gasteiger partial charge in [-0.15, -0.1) is 0 Å². The zero-order chi connectivity index (χ0) is 18.8. The predicted molar refractivity (Wildman–Crippen MR) is 115 cm³/mol. The number of hydrogen-bond acceptors (Lipinski definition) is 3. The molecule has 1 heterocycles. The lowest BCUT2D eigenvalue weighted by atomic mass is 10.1. The number of carbonyl (C=O) groups is 1.